The molecule has 11 nitrogen and oxygen atoms in total. The highest BCUT2D eigenvalue weighted by Crippen LogP contribution is 2.38. The summed E-state index contributed by atoms with van der Waals surface area (Å²) in [5.74, 6) is 4.64. The van der Waals surface area contributed by atoms with Crippen LogP contribution in [0.2, 0.25) is 0 Å². The molecule has 1 aliphatic rings. The monoisotopic (exact) mass is 362 g/mol. The van der Waals surface area contributed by atoms with Crippen molar-refractivity contribution < 1.29 is 33.8 Å². The highest BCUT2D eigenvalue weighted by atomic mass is 31.2. The molecule has 1 fully saturated rings. The number of aliphatic hydroxyl groups is 2. The van der Waals surface area contributed by atoms with Gasteiger partial charge in [-0.2, -0.15) is 0 Å². The Labute approximate surface area is 134 Å². The zero-order valence-corrected chi connectivity index (χ0v) is 13.0. The van der Waals surface area contributed by atoms with Gasteiger partial charge in [-0.1, -0.05) is 11.8 Å². The predicted octanol–water partition coefficient (Wildman–Crippen LogP) is -2.36. The van der Waals surface area contributed by atoms with E-state index < -0.39 is 50.7 Å². The summed E-state index contributed by atoms with van der Waals surface area (Å²) >= 11 is 0. The van der Waals surface area contributed by atoms with Crippen LogP contribution < -0.4 is 11.2 Å². The summed E-state index contributed by atoms with van der Waals surface area (Å²) in [4.78, 5) is 42.8. The van der Waals surface area contributed by atoms with Gasteiger partial charge in [0.2, 0.25) is 0 Å². The first kappa shape index (κ1) is 18.6. The Morgan fingerprint density at radius 2 is 2.17 bits per heavy atom. The molecule has 0 bridgehead atoms. The molecular weight excluding hydrogens is 347 g/mol. The van der Waals surface area contributed by atoms with E-state index in [0.717, 1.165) is 10.8 Å². The number of phosphoric acid groups is 1. The van der Waals surface area contributed by atoms with Gasteiger partial charge in [0.05, 0.1) is 12.7 Å². The Morgan fingerprint density at radius 1 is 1.46 bits per heavy atom. The number of hydrogen-bond acceptors (Lipinski definition) is 7. The summed E-state index contributed by atoms with van der Waals surface area (Å²) in [7, 11) is -4.72. The van der Waals surface area contributed by atoms with Crippen LogP contribution in [0.1, 0.15) is 18.2 Å². The highest BCUT2D eigenvalue weighted by molar-refractivity contribution is 7.46. The zero-order valence-electron chi connectivity index (χ0n) is 12.2. The lowest BCUT2D eigenvalue weighted by molar-refractivity contribution is -0.0451. The van der Waals surface area contributed by atoms with E-state index >= 15 is 0 Å². The first-order valence-corrected chi connectivity index (χ1v) is 8.23. The minimum atomic E-state index is -4.72. The molecule has 1 aromatic heterocycles. The molecule has 0 aliphatic carbocycles. The van der Waals surface area contributed by atoms with Gasteiger partial charge >= 0.3 is 13.5 Å². The Hall–Kier alpha value is -1.77. The second-order valence-corrected chi connectivity index (χ2v) is 6.13. The third kappa shape index (κ3) is 4.62. The Morgan fingerprint density at radius 3 is 2.79 bits per heavy atom. The van der Waals surface area contributed by atoms with Gasteiger partial charge in [0, 0.05) is 12.6 Å². The average Bonchev–Trinajstić information content (AvgIpc) is 2.84. The normalized spacial score (nSPS) is 23.8. The SMILES string of the molecule is O=c1[nH]c(=O)n([C@H]2C[C@H](O)[C@@H](COP(=O)(O)O)O2)cc1C#CCO. The van der Waals surface area contributed by atoms with Crippen LogP contribution in [0.3, 0.4) is 0 Å². The molecule has 2 rings (SSSR count). The molecule has 5 N–H and O–H groups in total. The average molecular weight is 362 g/mol. The number of aliphatic hydroxyl groups excluding tert-OH is 2. The smallest absolute Gasteiger partial charge is 0.390 e. The number of nitrogens with zero attached hydrogens (tertiary/aromatic N) is 1. The summed E-state index contributed by atoms with van der Waals surface area (Å²) in [6, 6.07) is 0. The van der Waals surface area contributed by atoms with Crippen molar-refractivity contribution in [3.05, 3.63) is 32.6 Å². The molecule has 0 radical (unpaired) electrons. The van der Waals surface area contributed by atoms with Gasteiger partial charge in [0.15, 0.2) is 0 Å². The second kappa shape index (κ2) is 7.42. The van der Waals surface area contributed by atoms with Crippen LogP contribution in [0.15, 0.2) is 15.8 Å². The zero-order chi connectivity index (χ0) is 17.9. The number of ether oxygens (including phenoxy) is 1. The van der Waals surface area contributed by atoms with Crippen molar-refractivity contribution in [2.45, 2.75) is 24.9 Å². The van der Waals surface area contributed by atoms with Gasteiger partial charge in [-0.3, -0.25) is 18.9 Å². The topological polar surface area (TPSA) is 171 Å². The fraction of sp³-hybridized carbons (Fsp3) is 0.500. The Balaban J connectivity index is 2.22. The lowest BCUT2D eigenvalue weighted by atomic mass is 10.2. The van der Waals surface area contributed by atoms with Gasteiger partial charge in [-0.05, 0) is 0 Å². The van der Waals surface area contributed by atoms with Crippen molar-refractivity contribution in [2.24, 2.45) is 0 Å². The summed E-state index contributed by atoms with van der Waals surface area (Å²) in [6.07, 6.45) is -2.12. The maximum absolute atomic E-state index is 11.9. The largest absolute Gasteiger partial charge is 0.469 e. The van der Waals surface area contributed by atoms with Crippen molar-refractivity contribution in [3.63, 3.8) is 0 Å². The van der Waals surface area contributed by atoms with E-state index in [1.54, 1.807) is 0 Å². The van der Waals surface area contributed by atoms with Crippen LogP contribution in [-0.4, -0.2) is 55.0 Å². The third-order valence-corrected chi connectivity index (χ3v) is 3.68. The van der Waals surface area contributed by atoms with Gasteiger partial charge < -0.3 is 24.7 Å². The molecule has 1 aliphatic heterocycles. The number of rotatable bonds is 4. The van der Waals surface area contributed by atoms with Gasteiger partial charge in [-0.25, -0.2) is 9.36 Å². The van der Waals surface area contributed by atoms with Gasteiger partial charge in [0.25, 0.3) is 5.56 Å². The minimum Gasteiger partial charge on any atom is -0.390 e. The van der Waals surface area contributed by atoms with E-state index in [2.05, 4.69) is 16.4 Å². The number of nitrogens with one attached hydrogen (secondary N) is 1. The maximum atomic E-state index is 11.9. The first-order valence-electron chi connectivity index (χ1n) is 6.70. The van der Waals surface area contributed by atoms with Crippen molar-refractivity contribution in [2.75, 3.05) is 13.2 Å². The molecule has 3 atom stereocenters. The lowest BCUT2D eigenvalue weighted by Gasteiger charge is -2.16. The van der Waals surface area contributed by atoms with Crippen molar-refractivity contribution in [3.8, 4) is 11.8 Å². The van der Waals surface area contributed by atoms with Crippen LogP contribution in [0.25, 0.3) is 0 Å². The standard InChI is InChI=1S/C12H15N2O9P/c15-3-1-2-7-5-14(12(18)13-11(7)17)10-4-8(16)9(23-10)6-22-24(19,20)21/h5,8-10,15-16H,3-4,6H2,(H,13,17,18)(H2,19,20,21)/t8-,9+,10+/m0/s1. The molecular formula is C12H15N2O9P. The molecule has 12 heteroatoms. The quantitative estimate of drug-likeness (QED) is 0.290. The van der Waals surface area contributed by atoms with Crippen LogP contribution in [0.4, 0.5) is 0 Å². The van der Waals surface area contributed by atoms with Crippen LogP contribution in [0, 0.1) is 11.8 Å². The number of aromatic amines is 1. The number of phosphoric ester groups is 1. The molecule has 2 heterocycles. The number of aromatic nitrogens is 2. The highest BCUT2D eigenvalue weighted by Gasteiger charge is 2.37. The number of hydrogen-bond donors (Lipinski definition) is 5. The van der Waals surface area contributed by atoms with E-state index in [9.17, 15) is 19.3 Å². The van der Waals surface area contributed by atoms with Crippen molar-refractivity contribution in [1.29, 1.82) is 0 Å². The Bertz CT molecular complexity index is 814. The fourth-order valence-electron chi connectivity index (χ4n) is 2.13. The molecule has 0 saturated carbocycles. The van der Waals surface area contributed by atoms with Crippen LogP contribution in [-0.2, 0) is 13.8 Å². The summed E-state index contributed by atoms with van der Waals surface area (Å²) in [6.45, 7) is -1.05. The molecule has 132 valence electrons. The minimum absolute atomic E-state index is 0.0615. The molecule has 0 spiro atoms. The summed E-state index contributed by atoms with van der Waals surface area (Å²) < 4.78 is 21.3. The van der Waals surface area contributed by atoms with Gasteiger partial charge in [0.1, 0.15) is 24.5 Å². The van der Waals surface area contributed by atoms with Crippen molar-refractivity contribution in [1.82, 2.24) is 9.55 Å². The van der Waals surface area contributed by atoms with Crippen molar-refractivity contribution >= 4 is 7.82 Å². The second-order valence-electron chi connectivity index (χ2n) is 4.89. The molecule has 24 heavy (non-hydrogen) atoms. The Kier molecular flexibility index (Phi) is 5.74. The molecule has 1 aromatic rings. The number of H-pyrrole nitrogens is 1. The van der Waals surface area contributed by atoms with Crippen LogP contribution in [0.5, 0.6) is 0 Å². The van der Waals surface area contributed by atoms with E-state index in [1.165, 1.54) is 0 Å². The molecule has 1 saturated heterocycles. The fourth-order valence-corrected chi connectivity index (χ4v) is 2.47. The van der Waals surface area contributed by atoms with Gasteiger partial charge in [-0.15, -0.1) is 0 Å². The first-order chi connectivity index (χ1) is 11.2. The van der Waals surface area contributed by atoms with Crippen LogP contribution >= 0.6 is 7.82 Å². The molecule has 0 unspecified atom stereocenters. The lowest BCUT2D eigenvalue weighted by Crippen LogP contribution is -2.33. The van der Waals surface area contributed by atoms with E-state index in [1.807, 2.05) is 4.98 Å². The molecule has 0 aromatic carbocycles. The van der Waals surface area contributed by atoms with E-state index in [-0.39, 0.29) is 12.0 Å². The summed E-state index contributed by atoms with van der Waals surface area (Å²) in [5.41, 5.74) is -1.63. The van der Waals surface area contributed by atoms with E-state index in [0.29, 0.717) is 0 Å². The summed E-state index contributed by atoms with van der Waals surface area (Å²) in [5, 5.41) is 18.5. The van der Waals surface area contributed by atoms with E-state index in [4.69, 9.17) is 19.6 Å². The third-order valence-electron chi connectivity index (χ3n) is 3.19. The maximum Gasteiger partial charge on any atom is 0.469 e. The predicted molar refractivity (Wildman–Crippen MR) is 77.8 cm³/mol. The molecule has 0 amide bonds.